The highest BCUT2D eigenvalue weighted by atomic mass is 19.2. The molecule has 0 unspecified atom stereocenters. The summed E-state index contributed by atoms with van der Waals surface area (Å²) in [6, 6.07) is 15.0. The molecule has 2 rings (SSSR count). The van der Waals surface area contributed by atoms with Crippen LogP contribution < -0.4 is 4.74 Å². The quantitative estimate of drug-likeness (QED) is 0.187. The van der Waals surface area contributed by atoms with Crippen molar-refractivity contribution >= 4 is 19.0 Å². The van der Waals surface area contributed by atoms with Crippen LogP contribution in [-0.2, 0) is 4.65 Å². The third-order valence-electron chi connectivity index (χ3n) is 3.69. The summed E-state index contributed by atoms with van der Waals surface area (Å²) in [5.41, 5.74) is 0.786. The molecule has 0 fully saturated rings. The van der Waals surface area contributed by atoms with Gasteiger partial charge in [-0.1, -0.05) is 50.1 Å². The molecular weight excluding hydrogens is 337 g/mol. The maximum absolute atomic E-state index is 12.7. The van der Waals surface area contributed by atoms with E-state index in [0.717, 1.165) is 25.3 Å². The minimum absolute atomic E-state index is 0.175. The van der Waals surface area contributed by atoms with Gasteiger partial charge in [-0.2, -0.15) is 0 Å². The summed E-state index contributed by atoms with van der Waals surface area (Å²) in [7, 11) is -3.02. The van der Waals surface area contributed by atoms with E-state index in [1.165, 1.54) is 0 Å². The van der Waals surface area contributed by atoms with Gasteiger partial charge in [0.1, 0.15) is 11.5 Å². The first kappa shape index (κ1) is 19.7. The second-order valence-electron chi connectivity index (χ2n) is 5.70. The Morgan fingerprint density at radius 2 is 1.69 bits per heavy atom. The first-order chi connectivity index (χ1) is 12.6. The number of benzene rings is 2. The lowest BCUT2D eigenvalue weighted by Gasteiger charge is -2.10. The van der Waals surface area contributed by atoms with Gasteiger partial charge in [-0.3, -0.25) is 4.79 Å². The molecule has 0 bridgehead atoms. The Kier molecular flexibility index (Phi) is 7.87. The molecule has 0 spiro atoms. The molecule has 2 aromatic rings. The zero-order valence-electron chi connectivity index (χ0n) is 14.7. The maximum atomic E-state index is 12.7. The van der Waals surface area contributed by atoms with Crippen molar-refractivity contribution in [1.82, 2.24) is 0 Å². The number of allylic oxidation sites excluding steroid dienone is 1. The number of halogens is 2. The Hall–Kier alpha value is -2.63. The molecule has 0 aliphatic rings. The van der Waals surface area contributed by atoms with Crippen molar-refractivity contribution in [2.24, 2.45) is 0 Å². The summed E-state index contributed by atoms with van der Waals surface area (Å²) < 4.78 is 35.6. The van der Waals surface area contributed by atoms with E-state index in [0.29, 0.717) is 23.5 Å². The van der Waals surface area contributed by atoms with Gasteiger partial charge in [0.25, 0.3) is 0 Å². The summed E-state index contributed by atoms with van der Waals surface area (Å²) in [4.78, 5) is 12.3. The van der Waals surface area contributed by atoms with Crippen LogP contribution >= 0.6 is 0 Å². The van der Waals surface area contributed by atoms with Gasteiger partial charge >= 0.3 is 7.47 Å². The third-order valence-corrected chi connectivity index (χ3v) is 3.69. The van der Waals surface area contributed by atoms with Crippen LogP contribution in [0.2, 0.25) is 0 Å². The first-order valence-corrected chi connectivity index (χ1v) is 8.59. The minimum Gasteiger partial charge on any atom is -0.505 e. The fourth-order valence-corrected chi connectivity index (χ4v) is 2.34. The monoisotopic (exact) mass is 358 g/mol. The fraction of sp³-hybridized carbons (Fsp3) is 0.250. The van der Waals surface area contributed by atoms with E-state index in [4.69, 9.17) is 4.74 Å². The second-order valence-corrected chi connectivity index (χ2v) is 5.70. The predicted octanol–water partition coefficient (Wildman–Crippen LogP) is 5.42. The lowest BCUT2D eigenvalue weighted by Crippen LogP contribution is -2.06. The number of ether oxygens (including phenoxy) is 1. The lowest BCUT2D eigenvalue weighted by molar-refractivity contribution is 0.104. The maximum Gasteiger partial charge on any atom is 0.796 e. The van der Waals surface area contributed by atoms with Crippen LogP contribution in [0.1, 0.15) is 42.1 Å². The Morgan fingerprint density at radius 1 is 1.00 bits per heavy atom. The molecule has 136 valence electrons. The molecule has 0 aromatic heterocycles. The van der Waals surface area contributed by atoms with Crippen molar-refractivity contribution in [3.8, 4) is 5.75 Å². The zero-order valence-corrected chi connectivity index (χ0v) is 14.7. The number of unbranched alkanes of at least 4 members (excludes halogenated alkanes) is 2. The molecule has 2 aromatic carbocycles. The summed E-state index contributed by atoms with van der Waals surface area (Å²) in [5, 5.41) is 0. The van der Waals surface area contributed by atoms with E-state index in [2.05, 4.69) is 11.6 Å². The van der Waals surface area contributed by atoms with E-state index in [1.54, 1.807) is 54.6 Å². The standard InChI is InChI=1S/C20H21BF2O3/c1-2-3-7-14-25-18-12-10-17(11-13-18)20(26-21(22)23)15-19(24)16-8-5-4-6-9-16/h4-6,8-13,15H,2-3,7,14H2,1H3/b20-15-. The Labute approximate surface area is 152 Å². The number of carbonyl (C=O) groups excluding carboxylic acids is 1. The van der Waals surface area contributed by atoms with Crippen LogP contribution in [0.4, 0.5) is 8.63 Å². The van der Waals surface area contributed by atoms with E-state index in [9.17, 15) is 13.4 Å². The van der Waals surface area contributed by atoms with Crippen LogP contribution in [-0.4, -0.2) is 19.9 Å². The molecule has 0 atom stereocenters. The Balaban J connectivity index is 2.13. The lowest BCUT2D eigenvalue weighted by atomic mass is 10.1. The van der Waals surface area contributed by atoms with E-state index < -0.39 is 13.3 Å². The topological polar surface area (TPSA) is 35.5 Å². The molecule has 0 aliphatic heterocycles. The van der Waals surface area contributed by atoms with Crippen molar-refractivity contribution in [1.29, 1.82) is 0 Å². The number of hydrogen-bond donors (Lipinski definition) is 0. The smallest absolute Gasteiger partial charge is 0.505 e. The molecule has 26 heavy (non-hydrogen) atoms. The molecule has 0 aliphatic carbocycles. The summed E-state index contributed by atoms with van der Waals surface area (Å²) in [6.07, 6.45) is 4.24. The van der Waals surface area contributed by atoms with Gasteiger partial charge in [0.15, 0.2) is 5.78 Å². The molecular formula is C20H21BF2O3. The molecule has 0 heterocycles. The molecule has 0 radical (unpaired) electrons. The van der Waals surface area contributed by atoms with Gasteiger partial charge < -0.3 is 9.39 Å². The van der Waals surface area contributed by atoms with Gasteiger partial charge in [0, 0.05) is 17.2 Å². The Morgan fingerprint density at radius 3 is 2.31 bits per heavy atom. The summed E-state index contributed by atoms with van der Waals surface area (Å²) in [5.74, 6) is 0.0724. The van der Waals surface area contributed by atoms with Crippen LogP contribution in [0, 0.1) is 0 Å². The third kappa shape index (κ3) is 6.35. The van der Waals surface area contributed by atoms with E-state index in [1.807, 2.05) is 0 Å². The number of rotatable bonds is 10. The van der Waals surface area contributed by atoms with Crippen molar-refractivity contribution in [2.75, 3.05) is 6.61 Å². The van der Waals surface area contributed by atoms with Crippen molar-refractivity contribution in [3.63, 3.8) is 0 Å². The molecule has 0 saturated heterocycles. The molecule has 0 N–H and O–H groups in total. The van der Waals surface area contributed by atoms with Crippen molar-refractivity contribution < 1.29 is 22.8 Å². The highest BCUT2D eigenvalue weighted by Crippen LogP contribution is 2.22. The number of hydrogen-bond acceptors (Lipinski definition) is 3. The van der Waals surface area contributed by atoms with Crippen LogP contribution in [0.25, 0.3) is 5.76 Å². The molecule has 3 nitrogen and oxygen atoms in total. The van der Waals surface area contributed by atoms with E-state index >= 15 is 0 Å². The SMILES string of the molecule is CCCCCOc1ccc(/C(=C/C(=O)c2ccccc2)OB(F)F)cc1. The summed E-state index contributed by atoms with van der Waals surface area (Å²) >= 11 is 0. The van der Waals surface area contributed by atoms with Gasteiger partial charge in [0.05, 0.1) is 6.61 Å². The summed E-state index contributed by atoms with van der Waals surface area (Å²) in [6.45, 7) is 2.72. The second kappa shape index (κ2) is 10.4. The van der Waals surface area contributed by atoms with Gasteiger partial charge in [0.2, 0.25) is 0 Å². The minimum atomic E-state index is -3.02. The molecule has 0 saturated carbocycles. The normalized spacial score (nSPS) is 11.1. The van der Waals surface area contributed by atoms with Gasteiger partial charge in [-0.05, 0) is 30.7 Å². The number of carbonyl (C=O) groups is 1. The Bertz CT molecular complexity index is 716. The van der Waals surface area contributed by atoms with Gasteiger partial charge in [-0.25, -0.2) is 8.63 Å². The van der Waals surface area contributed by atoms with E-state index in [-0.39, 0.29) is 5.76 Å². The van der Waals surface area contributed by atoms with Gasteiger partial charge in [-0.15, -0.1) is 0 Å². The zero-order chi connectivity index (χ0) is 18.8. The largest absolute Gasteiger partial charge is 0.796 e. The van der Waals surface area contributed by atoms with Crippen molar-refractivity contribution in [3.05, 3.63) is 71.8 Å². The number of ketones is 1. The van der Waals surface area contributed by atoms with Crippen LogP contribution in [0.3, 0.4) is 0 Å². The van der Waals surface area contributed by atoms with Crippen LogP contribution in [0.5, 0.6) is 5.75 Å². The molecule has 0 amide bonds. The highest BCUT2D eigenvalue weighted by molar-refractivity contribution is 6.36. The highest BCUT2D eigenvalue weighted by Gasteiger charge is 2.21. The average Bonchev–Trinajstić information content (AvgIpc) is 2.65. The predicted molar refractivity (Wildman–Crippen MR) is 99.3 cm³/mol. The van der Waals surface area contributed by atoms with Crippen LogP contribution in [0.15, 0.2) is 60.7 Å². The fourth-order valence-electron chi connectivity index (χ4n) is 2.34. The van der Waals surface area contributed by atoms with Crippen molar-refractivity contribution in [2.45, 2.75) is 26.2 Å². The molecule has 6 heteroatoms. The average molecular weight is 358 g/mol. The first-order valence-electron chi connectivity index (χ1n) is 8.59.